The van der Waals surface area contributed by atoms with E-state index < -0.39 is 11.9 Å². The van der Waals surface area contributed by atoms with Gasteiger partial charge in [0.1, 0.15) is 19.8 Å². The third-order valence-electron chi connectivity index (χ3n) is 4.19. The summed E-state index contributed by atoms with van der Waals surface area (Å²) >= 11 is 0. The van der Waals surface area contributed by atoms with Gasteiger partial charge in [0.05, 0.1) is 5.56 Å². The van der Waals surface area contributed by atoms with Gasteiger partial charge in [-0.1, -0.05) is 6.07 Å². The lowest BCUT2D eigenvalue weighted by Gasteiger charge is -2.21. The second kappa shape index (κ2) is 8.43. The summed E-state index contributed by atoms with van der Waals surface area (Å²) in [5, 5.41) is 11.8. The normalized spacial score (nSPS) is 12.2. The van der Waals surface area contributed by atoms with Crippen LogP contribution in [0.15, 0.2) is 42.5 Å². The number of carboxylic acid groups (broad SMARTS) is 1. The lowest BCUT2D eigenvalue weighted by molar-refractivity contribution is -0.116. The van der Waals surface area contributed by atoms with Crippen LogP contribution in [-0.4, -0.2) is 54.1 Å². The second-order valence-electron chi connectivity index (χ2n) is 6.11. The van der Waals surface area contributed by atoms with E-state index >= 15 is 0 Å². The Kier molecular flexibility index (Phi) is 5.78. The van der Waals surface area contributed by atoms with Crippen molar-refractivity contribution in [3.63, 3.8) is 0 Å². The fourth-order valence-electron chi connectivity index (χ4n) is 2.79. The zero-order valence-electron chi connectivity index (χ0n) is 15.3. The molecule has 0 aromatic heterocycles. The molecule has 3 rings (SSSR count). The van der Waals surface area contributed by atoms with E-state index in [0.717, 1.165) is 0 Å². The predicted molar refractivity (Wildman–Crippen MR) is 101 cm³/mol. The minimum Gasteiger partial charge on any atom is -0.486 e. The van der Waals surface area contributed by atoms with E-state index in [1.165, 1.54) is 29.2 Å². The van der Waals surface area contributed by atoms with E-state index in [9.17, 15) is 14.4 Å². The molecule has 0 radical (unpaired) electrons. The molecule has 2 aromatic carbocycles. The van der Waals surface area contributed by atoms with Crippen LogP contribution in [0.3, 0.4) is 0 Å². The second-order valence-corrected chi connectivity index (χ2v) is 6.11. The number of carbonyl (C=O) groups excluding carboxylic acids is 2. The lowest BCUT2D eigenvalue weighted by atomic mass is 10.1. The highest BCUT2D eigenvalue weighted by molar-refractivity contribution is 6.00. The summed E-state index contributed by atoms with van der Waals surface area (Å²) in [6, 6.07) is 10.8. The molecule has 28 heavy (non-hydrogen) atoms. The highest BCUT2D eigenvalue weighted by atomic mass is 16.6. The van der Waals surface area contributed by atoms with Crippen molar-refractivity contribution in [3.05, 3.63) is 53.6 Å². The molecule has 0 saturated heterocycles. The monoisotopic (exact) mass is 384 g/mol. The number of hydrogen-bond acceptors (Lipinski definition) is 5. The first-order valence-corrected chi connectivity index (χ1v) is 8.80. The Bertz CT molecular complexity index is 911. The van der Waals surface area contributed by atoms with Crippen molar-refractivity contribution in [3.8, 4) is 11.5 Å². The average molecular weight is 384 g/mol. The molecule has 0 bridgehead atoms. The summed E-state index contributed by atoms with van der Waals surface area (Å²) in [5.41, 5.74) is 0.766. The number of fused-ring (bicyclic) bond motifs is 1. The predicted octanol–water partition coefficient (Wildman–Crippen LogP) is 2.26. The fraction of sp³-hybridized carbons (Fsp3) is 0.250. The summed E-state index contributed by atoms with van der Waals surface area (Å²) in [6.07, 6.45) is 0. The van der Waals surface area contributed by atoms with E-state index in [0.29, 0.717) is 36.9 Å². The van der Waals surface area contributed by atoms with E-state index in [-0.39, 0.29) is 23.6 Å². The van der Waals surface area contributed by atoms with Crippen LogP contribution in [0, 0.1) is 0 Å². The summed E-state index contributed by atoms with van der Waals surface area (Å²) in [7, 11) is 0. The molecule has 1 heterocycles. The van der Waals surface area contributed by atoms with Crippen LogP contribution in [0.25, 0.3) is 0 Å². The highest BCUT2D eigenvalue weighted by Crippen LogP contribution is 2.32. The van der Waals surface area contributed by atoms with Crippen LogP contribution < -0.4 is 14.8 Å². The quantitative estimate of drug-likeness (QED) is 0.792. The van der Waals surface area contributed by atoms with Crippen LogP contribution >= 0.6 is 0 Å². The number of nitrogens with zero attached hydrogens (tertiary/aromatic N) is 1. The Balaban J connectivity index is 1.67. The van der Waals surface area contributed by atoms with Gasteiger partial charge in [-0.05, 0) is 37.3 Å². The van der Waals surface area contributed by atoms with Crippen LogP contribution in [0.5, 0.6) is 11.5 Å². The molecule has 8 nitrogen and oxygen atoms in total. The first-order chi connectivity index (χ1) is 13.5. The number of carboxylic acids is 1. The zero-order valence-corrected chi connectivity index (χ0v) is 15.3. The van der Waals surface area contributed by atoms with Gasteiger partial charge in [0, 0.05) is 23.9 Å². The topological polar surface area (TPSA) is 105 Å². The van der Waals surface area contributed by atoms with Gasteiger partial charge >= 0.3 is 5.97 Å². The van der Waals surface area contributed by atoms with E-state index in [1.807, 2.05) is 0 Å². The van der Waals surface area contributed by atoms with Crippen LogP contribution in [0.1, 0.15) is 27.6 Å². The van der Waals surface area contributed by atoms with E-state index in [1.54, 1.807) is 25.1 Å². The Morgan fingerprint density at radius 1 is 1.04 bits per heavy atom. The summed E-state index contributed by atoms with van der Waals surface area (Å²) in [6.45, 7) is 2.80. The Labute approximate surface area is 161 Å². The van der Waals surface area contributed by atoms with Gasteiger partial charge in [-0.25, -0.2) is 4.79 Å². The number of ether oxygens (including phenoxy) is 2. The summed E-state index contributed by atoms with van der Waals surface area (Å²) < 4.78 is 10.9. The molecular formula is C20H20N2O6. The number of amides is 2. The molecular weight excluding hydrogens is 364 g/mol. The SMILES string of the molecule is CCN(CC(=O)Nc1ccc2c(c1)OCCO2)C(=O)c1cccc(C(=O)O)c1. The molecule has 0 spiro atoms. The molecule has 0 fully saturated rings. The Morgan fingerprint density at radius 3 is 2.46 bits per heavy atom. The number of anilines is 1. The number of rotatable bonds is 6. The number of carbonyl (C=O) groups is 3. The van der Waals surface area contributed by atoms with Crippen LogP contribution in [-0.2, 0) is 4.79 Å². The molecule has 0 unspecified atom stereocenters. The lowest BCUT2D eigenvalue weighted by Crippen LogP contribution is -2.38. The van der Waals surface area contributed by atoms with Crippen molar-refractivity contribution >= 4 is 23.5 Å². The Morgan fingerprint density at radius 2 is 1.75 bits per heavy atom. The van der Waals surface area contributed by atoms with Gasteiger partial charge in [-0.15, -0.1) is 0 Å². The Hall–Kier alpha value is -3.55. The third kappa shape index (κ3) is 4.40. The smallest absolute Gasteiger partial charge is 0.335 e. The van der Waals surface area contributed by atoms with Gasteiger partial charge in [0.15, 0.2) is 11.5 Å². The molecule has 2 N–H and O–H groups in total. The maximum absolute atomic E-state index is 12.6. The molecule has 2 aromatic rings. The third-order valence-corrected chi connectivity index (χ3v) is 4.19. The number of benzene rings is 2. The minimum absolute atomic E-state index is 0.0163. The number of hydrogen-bond donors (Lipinski definition) is 2. The van der Waals surface area contributed by atoms with Crippen molar-refractivity contribution in [1.29, 1.82) is 0 Å². The first kappa shape index (κ1) is 19.2. The molecule has 1 aliphatic heterocycles. The molecule has 146 valence electrons. The largest absolute Gasteiger partial charge is 0.486 e. The number of likely N-dealkylation sites (N-methyl/N-ethyl adjacent to an activating group) is 1. The maximum Gasteiger partial charge on any atom is 0.335 e. The van der Waals surface area contributed by atoms with E-state index in [4.69, 9.17) is 14.6 Å². The molecule has 0 atom stereocenters. The molecule has 2 amide bonds. The summed E-state index contributed by atoms with van der Waals surface area (Å²) in [5.74, 6) is -0.732. The van der Waals surface area contributed by atoms with Gasteiger partial charge in [-0.3, -0.25) is 9.59 Å². The van der Waals surface area contributed by atoms with Gasteiger partial charge in [0.25, 0.3) is 5.91 Å². The average Bonchev–Trinajstić information content (AvgIpc) is 2.71. The fourth-order valence-corrected chi connectivity index (χ4v) is 2.79. The van der Waals surface area contributed by atoms with Gasteiger partial charge < -0.3 is 24.8 Å². The maximum atomic E-state index is 12.6. The molecule has 0 aliphatic carbocycles. The molecule has 0 saturated carbocycles. The number of nitrogens with one attached hydrogen (secondary N) is 1. The summed E-state index contributed by atoms with van der Waals surface area (Å²) in [4.78, 5) is 37.5. The highest BCUT2D eigenvalue weighted by Gasteiger charge is 2.19. The van der Waals surface area contributed by atoms with Crippen molar-refractivity contribution in [1.82, 2.24) is 4.90 Å². The van der Waals surface area contributed by atoms with Gasteiger partial charge in [0.2, 0.25) is 5.91 Å². The minimum atomic E-state index is -1.12. The molecule has 1 aliphatic rings. The van der Waals surface area contributed by atoms with Crippen LogP contribution in [0.2, 0.25) is 0 Å². The van der Waals surface area contributed by atoms with E-state index in [2.05, 4.69) is 5.32 Å². The van der Waals surface area contributed by atoms with Crippen molar-refractivity contribution in [2.45, 2.75) is 6.92 Å². The number of aromatic carboxylic acids is 1. The first-order valence-electron chi connectivity index (χ1n) is 8.80. The van der Waals surface area contributed by atoms with Crippen molar-refractivity contribution < 1.29 is 29.0 Å². The van der Waals surface area contributed by atoms with Crippen molar-refractivity contribution in [2.24, 2.45) is 0 Å². The van der Waals surface area contributed by atoms with Crippen LogP contribution in [0.4, 0.5) is 5.69 Å². The van der Waals surface area contributed by atoms with Crippen molar-refractivity contribution in [2.75, 3.05) is 31.6 Å². The molecule has 8 heteroatoms. The van der Waals surface area contributed by atoms with Gasteiger partial charge in [-0.2, -0.15) is 0 Å². The standard InChI is InChI=1S/C20H20N2O6/c1-2-22(19(24)13-4-3-5-14(10-13)20(25)26)12-18(23)21-15-6-7-16-17(11-15)28-9-8-27-16/h3-7,10-11H,2,8-9,12H2,1H3,(H,21,23)(H,25,26). The zero-order chi connectivity index (χ0) is 20.1.